The minimum Gasteiger partial charge on any atom is -0.353 e. The highest BCUT2D eigenvalue weighted by atomic mass is 32.1. The first-order valence-electron chi connectivity index (χ1n) is 7.64. The number of hydrogen-bond acceptors (Lipinski definition) is 4. The molecular weight excluding hydrogens is 268 g/mol. The second-order valence-electron chi connectivity index (χ2n) is 5.16. The van der Waals surface area contributed by atoms with E-state index >= 15 is 0 Å². The number of rotatable bonds is 8. The minimum absolute atomic E-state index is 0.523. The van der Waals surface area contributed by atoms with Gasteiger partial charge in [-0.25, -0.2) is 4.98 Å². The molecule has 0 spiro atoms. The number of thiazole rings is 1. The first-order chi connectivity index (χ1) is 9.72. The Balaban J connectivity index is 2.34. The van der Waals surface area contributed by atoms with E-state index in [9.17, 15) is 0 Å². The standard InChI is InChI=1S/C15H26N4S/c1-5-8-16-11-13-14(18(7-3)12(4)6-2)17-15-19(13)9-10-20-15/h9-10,12,16H,5-8,11H2,1-4H3. The van der Waals surface area contributed by atoms with Crippen LogP contribution in [0, 0.1) is 0 Å². The summed E-state index contributed by atoms with van der Waals surface area (Å²) >= 11 is 1.71. The molecule has 0 saturated carbocycles. The Morgan fingerprint density at radius 2 is 2.20 bits per heavy atom. The third-order valence-electron chi connectivity index (χ3n) is 3.79. The van der Waals surface area contributed by atoms with Crippen LogP contribution in [0.5, 0.6) is 0 Å². The Kier molecular flexibility index (Phi) is 5.43. The van der Waals surface area contributed by atoms with Gasteiger partial charge in [-0.3, -0.25) is 4.40 Å². The average molecular weight is 294 g/mol. The maximum Gasteiger partial charge on any atom is 0.195 e. The maximum absolute atomic E-state index is 4.86. The van der Waals surface area contributed by atoms with E-state index in [1.165, 1.54) is 5.69 Å². The Hall–Kier alpha value is -1.07. The number of hydrogen-bond donors (Lipinski definition) is 1. The topological polar surface area (TPSA) is 32.6 Å². The largest absolute Gasteiger partial charge is 0.353 e. The van der Waals surface area contributed by atoms with Crippen molar-refractivity contribution in [1.82, 2.24) is 14.7 Å². The Bertz CT molecular complexity index is 531. The monoisotopic (exact) mass is 294 g/mol. The van der Waals surface area contributed by atoms with Crippen LogP contribution in [0.2, 0.25) is 0 Å². The van der Waals surface area contributed by atoms with Gasteiger partial charge in [-0.05, 0) is 33.2 Å². The molecule has 0 aliphatic carbocycles. The maximum atomic E-state index is 4.86. The van der Waals surface area contributed by atoms with Gasteiger partial charge >= 0.3 is 0 Å². The molecule has 2 aromatic rings. The molecule has 1 N–H and O–H groups in total. The average Bonchev–Trinajstić information content (AvgIpc) is 3.02. The van der Waals surface area contributed by atoms with E-state index in [1.54, 1.807) is 11.3 Å². The van der Waals surface area contributed by atoms with Crippen LogP contribution in [-0.2, 0) is 6.54 Å². The highest BCUT2D eigenvalue weighted by molar-refractivity contribution is 7.15. The Morgan fingerprint density at radius 1 is 1.40 bits per heavy atom. The van der Waals surface area contributed by atoms with Crippen molar-refractivity contribution in [2.24, 2.45) is 0 Å². The zero-order chi connectivity index (χ0) is 14.5. The van der Waals surface area contributed by atoms with E-state index in [0.717, 1.165) is 43.3 Å². The van der Waals surface area contributed by atoms with Crippen molar-refractivity contribution in [1.29, 1.82) is 0 Å². The second kappa shape index (κ2) is 7.09. The van der Waals surface area contributed by atoms with Crippen molar-refractivity contribution in [3.63, 3.8) is 0 Å². The predicted molar refractivity (Wildman–Crippen MR) is 87.8 cm³/mol. The van der Waals surface area contributed by atoms with E-state index in [0.29, 0.717) is 6.04 Å². The molecule has 0 saturated heterocycles. The molecule has 0 fully saturated rings. The van der Waals surface area contributed by atoms with Gasteiger partial charge < -0.3 is 10.2 Å². The number of imidazole rings is 1. The molecule has 112 valence electrons. The summed E-state index contributed by atoms with van der Waals surface area (Å²) in [5.74, 6) is 1.15. The van der Waals surface area contributed by atoms with E-state index in [1.807, 2.05) is 0 Å². The van der Waals surface area contributed by atoms with Crippen LogP contribution < -0.4 is 10.2 Å². The number of nitrogens with zero attached hydrogens (tertiary/aromatic N) is 3. The van der Waals surface area contributed by atoms with Gasteiger partial charge in [0.1, 0.15) is 0 Å². The number of anilines is 1. The molecule has 5 heteroatoms. The molecule has 0 aromatic carbocycles. The van der Waals surface area contributed by atoms with Gasteiger partial charge in [-0.15, -0.1) is 11.3 Å². The molecule has 1 unspecified atom stereocenters. The van der Waals surface area contributed by atoms with Gasteiger partial charge in [0.2, 0.25) is 0 Å². The number of aromatic nitrogens is 2. The molecule has 0 amide bonds. The summed E-state index contributed by atoms with van der Waals surface area (Å²) in [6.07, 6.45) is 4.43. The summed E-state index contributed by atoms with van der Waals surface area (Å²) < 4.78 is 2.23. The lowest BCUT2D eigenvalue weighted by molar-refractivity contribution is 0.612. The highest BCUT2D eigenvalue weighted by Gasteiger charge is 2.20. The van der Waals surface area contributed by atoms with Crippen LogP contribution in [0.1, 0.15) is 46.2 Å². The lowest BCUT2D eigenvalue weighted by Crippen LogP contribution is -2.34. The smallest absolute Gasteiger partial charge is 0.195 e. The fraction of sp³-hybridized carbons (Fsp3) is 0.667. The predicted octanol–water partition coefficient (Wildman–Crippen LogP) is 3.52. The third-order valence-corrected chi connectivity index (χ3v) is 4.55. The van der Waals surface area contributed by atoms with Gasteiger partial charge in [0, 0.05) is 30.7 Å². The molecule has 4 nitrogen and oxygen atoms in total. The summed E-state index contributed by atoms with van der Waals surface area (Å²) in [5.41, 5.74) is 1.29. The molecule has 0 radical (unpaired) electrons. The molecule has 0 aliphatic heterocycles. The summed E-state index contributed by atoms with van der Waals surface area (Å²) in [6.45, 7) is 11.9. The molecule has 0 bridgehead atoms. The van der Waals surface area contributed by atoms with Gasteiger partial charge in [-0.2, -0.15) is 0 Å². The minimum atomic E-state index is 0.523. The summed E-state index contributed by atoms with van der Waals surface area (Å²) in [4.78, 5) is 8.37. The van der Waals surface area contributed by atoms with Crippen LogP contribution >= 0.6 is 11.3 Å². The highest BCUT2D eigenvalue weighted by Crippen LogP contribution is 2.26. The van der Waals surface area contributed by atoms with Gasteiger partial charge in [0.25, 0.3) is 0 Å². The Morgan fingerprint density at radius 3 is 2.85 bits per heavy atom. The number of nitrogens with one attached hydrogen (secondary N) is 1. The summed E-state index contributed by atoms with van der Waals surface area (Å²) in [7, 11) is 0. The van der Waals surface area contributed by atoms with Crippen LogP contribution in [-0.4, -0.2) is 28.5 Å². The zero-order valence-corrected chi connectivity index (χ0v) is 13.8. The summed E-state index contributed by atoms with van der Waals surface area (Å²) in [6, 6.07) is 0.523. The molecule has 2 rings (SSSR count). The fourth-order valence-electron chi connectivity index (χ4n) is 2.49. The molecule has 1 atom stereocenters. The molecular formula is C15H26N4S. The lowest BCUT2D eigenvalue weighted by atomic mass is 10.2. The lowest BCUT2D eigenvalue weighted by Gasteiger charge is -2.28. The van der Waals surface area contributed by atoms with Crippen LogP contribution in [0.3, 0.4) is 0 Å². The second-order valence-corrected chi connectivity index (χ2v) is 6.03. The van der Waals surface area contributed by atoms with Crippen LogP contribution in [0.15, 0.2) is 11.6 Å². The van der Waals surface area contributed by atoms with E-state index in [4.69, 9.17) is 4.98 Å². The van der Waals surface area contributed by atoms with Gasteiger partial charge in [0.05, 0.1) is 5.69 Å². The molecule has 20 heavy (non-hydrogen) atoms. The third kappa shape index (κ3) is 2.99. The van der Waals surface area contributed by atoms with Crippen molar-refractivity contribution < 1.29 is 0 Å². The first-order valence-corrected chi connectivity index (χ1v) is 8.52. The zero-order valence-electron chi connectivity index (χ0n) is 13.0. The van der Waals surface area contributed by atoms with Crippen LogP contribution in [0.25, 0.3) is 4.96 Å². The van der Waals surface area contributed by atoms with Gasteiger partial charge in [0.15, 0.2) is 10.8 Å². The van der Waals surface area contributed by atoms with Crippen molar-refractivity contribution in [3.8, 4) is 0 Å². The normalized spacial score (nSPS) is 13.0. The fourth-order valence-corrected chi connectivity index (χ4v) is 3.22. The van der Waals surface area contributed by atoms with E-state index < -0.39 is 0 Å². The first kappa shape index (κ1) is 15.3. The van der Waals surface area contributed by atoms with E-state index in [2.05, 4.69) is 53.9 Å². The van der Waals surface area contributed by atoms with Crippen LogP contribution in [0.4, 0.5) is 5.82 Å². The van der Waals surface area contributed by atoms with Crippen molar-refractivity contribution in [2.45, 2.75) is 53.1 Å². The van der Waals surface area contributed by atoms with Crippen molar-refractivity contribution >= 4 is 22.1 Å². The molecule has 2 heterocycles. The SMILES string of the molecule is CCCNCc1c(N(CC)C(C)CC)nc2sccn12. The van der Waals surface area contributed by atoms with E-state index in [-0.39, 0.29) is 0 Å². The van der Waals surface area contributed by atoms with Crippen molar-refractivity contribution in [2.75, 3.05) is 18.0 Å². The van der Waals surface area contributed by atoms with Crippen molar-refractivity contribution in [3.05, 3.63) is 17.3 Å². The summed E-state index contributed by atoms with van der Waals surface area (Å²) in [5, 5.41) is 5.62. The molecule has 2 aromatic heterocycles. The molecule has 0 aliphatic rings. The van der Waals surface area contributed by atoms with Gasteiger partial charge in [-0.1, -0.05) is 13.8 Å². The number of fused-ring (bicyclic) bond motifs is 1. The Labute approximate surface area is 125 Å². The quantitative estimate of drug-likeness (QED) is 0.756.